The van der Waals surface area contributed by atoms with E-state index in [1.165, 1.54) is 10.9 Å². The number of benzene rings is 1. The van der Waals surface area contributed by atoms with Crippen LogP contribution in [-0.4, -0.2) is 34.2 Å². The zero-order chi connectivity index (χ0) is 13.7. The molecule has 1 heterocycles. The Hall–Kier alpha value is -1.45. The third-order valence-electron chi connectivity index (χ3n) is 3.39. The number of hydrogen-bond donors (Lipinski definition) is 1. The van der Waals surface area contributed by atoms with Crippen molar-refractivity contribution in [2.24, 2.45) is 0 Å². The zero-order valence-corrected chi connectivity index (χ0v) is 11.7. The van der Waals surface area contributed by atoms with Crippen molar-refractivity contribution in [2.75, 3.05) is 13.2 Å². The fourth-order valence-corrected chi connectivity index (χ4v) is 2.25. The summed E-state index contributed by atoms with van der Waals surface area (Å²) in [7, 11) is 0. The van der Waals surface area contributed by atoms with E-state index in [9.17, 15) is 0 Å². The van der Waals surface area contributed by atoms with Crippen LogP contribution < -0.4 is 0 Å². The van der Waals surface area contributed by atoms with Crippen molar-refractivity contribution in [2.45, 2.75) is 32.9 Å². The van der Waals surface area contributed by atoms with Gasteiger partial charge in [-0.1, -0.05) is 12.1 Å². The van der Waals surface area contributed by atoms with Crippen LogP contribution in [0.2, 0.25) is 0 Å². The molecule has 102 valence electrons. The van der Waals surface area contributed by atoms with Gasteiger partial charge in [-0.15, -0.1) is 0 Å². The molecular formula is C16H22N2O. The Balaban J connectivity index is 2.14. The predicted octanol–water partition coefficient (Wildman–Crippen LogP) is 2.83. The summed E-state index contributed by atoms with van der Waals surface area (Å²) in [5, 5.41) is 10.2. The van der Waals surface area contributed by atoms with Crippen LogP contribution in [0.15, 0.2) is 36.5 Å². The van der Waals surface area contributed by atoms with Gasteiger partial charge in [0, 0.05) is 37.3 Å². The molecule has 2 aromatic rings. The number of aliphatic hydroxyl groups excluding tert-OH is 1. The molecule has 0 radical (unpaired) electrons. The van der Waals surface area contributed by atoms with Crippen LogP contribution in [0.4, 0.5) is 0 Å². The first-order valence-electron chi connectivity index (χ1n) is 6.89. The van der Waals surface area contributed by atoms with Gasteiger partial charge in [0.1, 0.15) is 0 Å². The quantitative estimate of drug-likeness (QED) is 0.865. The van der Waals surface area contributed by atoms with Gasteiger partial charge in [-0.25, -0.2) is 0 Å². The van der Waals surface area contributed by atoms with Gasteiger partial charge in [0.25, 0.3) is 0 Å². The molecule has 0 aliphatic rings. The van der Waals surface area contributed by atoms with Gasteiger partial charge >= 0.3 is 0 Å². The maximum Gasteiger partial charge on any atom is 0.0702 e. The second-order valence-corrected chi connectivity index (χ2v) is 5.17. The van der Waals surface area contributed by atoms with E-state index in [1.54, 1.807) is 0 Å². The van der Waals surface area contributed by atoms with Gasteiger partial charge in [0.2, 0.25) is 0 Å². The van der Waals surface area contributed by atoms with Gasteiger partial charge in [-0.05, 0) is 44.0 Å². The second-order valence-electron chi connectivity index (χ2n) is 5.17. The minimum Gasteiger partial charge on any atom is -0.396 e. The Morgan fingerprint density at radius 1 is 1.26 bits per heavy atom. The van der Waals surface area contributed by atoms with Crippen LogP contribution in [0.5, 0.6) is 0 Å². The molecule has 0 amide bonds. The Bertz CT molecular complexity index is 525. The number of fused-ring (bicyclic) bond motifs is 1. The first kappa shape index (κ1) is 14.0. The molecule has 0 saturated heterocycles. The van der Waals surface area contributed by atoms with E-state index in [4.69, 9.17) is 5.11 Å². The lowest BCUT2D eigenvalue weighted by molar-refractivity contribution is 0.185. The molecule has 19 heavy (non-hydrogen) atoms. The highest BCUT2D eigenvalue weighted by Crippen LogP contribution is 2.16. The van der Waals surface area contributed by atoms with E-state index in [0.29, 0.717) is 6.04 Å². The molecule has 0 saturated carbocycles. The largest absolute Gasteiger partial charge is 0.396 e. The normalized spacial score (nSPS) is 11.6. The summed E-state index contributed by atoms with van der Waals surface area (Å²) in [5.74, 6) is 0. The van der Waals surface area contributed by atoms with Crippen LogP contribution in [0.3, 0.4) is 0 Å². The number of hydrogen-bond acceptors (Lipinski definition) is 3. The summed E-state index contributed by atoms with van der Waals surface area (Å²) < 4.78 is 0. The average molecular weight is 258 g/mol. The van der Waals surface area contributed by atoms with Crippen LogP contribution >= 0.6 is 0 Å². The Kier molecular flexibility index (Phi) is 4.88. The molecule has 3 heteroatoms. The molecule has 1 aromatic carbocycles. The third kappa shape index (κ3) is 3.75. The van der Waals surface area contributed by atoms with Crippen molar-refractivity contribution in [3.05, 3.63) is 42.1 Å². The van der Waals surface area contributed by atoms with Gasteiger partial charge in [-0.3, -0.25) is 9.88 Å². The molecule has 1 N–H and O–H groups in total. The number of pyridine rings is 1. The number of rotatable bonds is 6. The van der Waals surface area contributed by atoms with Crippen LogP contribution in [0.1, 0.15) is 25.8 Å². The predicted molar refractivity (Wildman–Crippen MR) is 79.0 cm³/mol. The lowest BCUT2D eigenvalue weighted by Gasteiger charge is -2.26. The Labute approximate surface area is 114 Å². The highest BCUT2D eigenvalue weighted by molar-refractivity contribution is 5.78. The summed E-state index contributed by atoms with van der Waals surface area (Å²) >= 11 is 0. The molecule has 0 atom stereocenters. The monoisotopic (exact) mass is 258 g/mol. The summed E-state index contributed by atoms with van der Waals surface area (Å²) in [6, 6.07) is 11.0. The van der Waals surface area contributed by atoms with Crippen molar-refractivity contribution in [3.8, 4) is 0 Å². The molecule has 1 aromatic heterocycles. The maximum absolute atomic E-state index is 8.97. The highest BCUT2D eigenvalue weighted by atomic mass is 16.3. The van der Waals surface area contributed by atoms with Gasteiger partial charge in [0.15, 0.2) is 0 Å². The second kappa shape index (κ2) is 6.64. The molecular weight excluding hydrogens is 236 g/mol. The first-order chi connectivity index (χ1) is 9.20. The lowest BCUT2D eigenvalue weighted by Crippen LogP contribution is -2.31. The van der Waals surface area contributed by atoms with Crippen molar-refractivity contribution in [3.63, 3.8) is 0 Å². The minimum atomic E-state index is 0.255. The van der Waals surface area contributed by atoms with E-state index in [-0.39, 0.29) is 6.61 Å². The molecule has 0 unspecified atom stereocenters. The fraction of sp³-hybridized carbons (Fsp3) is 0.438. The summed E-state index contributed by atoms with van der Waals surface area (Å²) in [5.41, 5.74) is 2.34. The van der Waals surface area contributed by atoms with E-state index >= 15 is 0 Å². The van der Waals surface area contributed by atoms with Gasteiger partial charge in [-0.2, -0.15) is 0 Å². The molecule has 0 aliphatic carbocycles. The maximum atomic E-state index is 8.97. The number of aromatic nitrogens is 1. The van der Waals surface area contributed by atoms with Crippen LogP contribution in [-0.2, 0) is 6.54 Å². The van der Waals surface area contributed by atoms with Gasteiger partial charge < -0.3 is 5.11 Å². The smallest absolute Gasteiger partial charge is 0.0702 e. The standard InChI is InChI=1S/C16H22N2O/c1-13(2)18(9-4-10-19)12-14-6-7-16-15(11-14)5-3-8-17-16/h3,5-8,11,13,19H,4,9-10,12H2,1-2H3. The first-order valence-corrected chi connectivity index (χ1v) is 6.89. The van der Waals surface area contributed by atoms with E-state index in [1.807, 2.05) is 12.3 Å². The minimum absolute atomic E-state index is 0.255. The lowest BCUT2D eigenvalue weighted by atomic mass is 10.1. The van der Waals surface area contributed by atoms with Crippen LogP contribution in [0.25, 0.3) is 10.9 Å². The third-order valence-corrected chi connectivity index (χ3v) is 3.39. The zero-order valence-electron chi connectivity index (χ0n) is 11.7. The number of aliphatic hydroxyl groups is 1. The molecule has 0 aliphatic heterocycles. The molecule has 0 fully saturated rings. The Morgan fingerprint density at radius 3 is 2.84 bits per heavy atom. The van der Waals surface area contributed by atoms with Crippen molar-refractivity contribution in [1.82, 2.24) is 9.88 Å². The molecule has 0 spiro atoms. The molecule has 2 rings (SSSR count). The van der Waals surface area contributed by atoms with E-state index in [0.717, 1.165) is 25.0 Å². The average Bonchev–Trinajstić information content (AvgIpc) is 2.43. The summed E-state index contributed by atoms with van der Waals surface area (Å²) in [6.45, 7) is 6.49. The van der Waals surface area contributed by atoms with E-state index < -0.39 is 0 Å². The summed E-state index contributed by atoms with van der Waals surface area (Å²) in [4.78, 5) is 6.72. The highest BCUT2D eigenvalue weighted by Gasteiger charge is 2.10. The topological polar surface area (TPSA) is 36.4 Å². The van der Waals surface area contributed by atoms with Crippen molar-refractivity contribution >= 4 is 10.9 Å². The van der Waals surface area contributed by atoms with E-state index in [2.05, 4.69) is 48.0 Å². The molecule has 3 nitrogen and oxygen atoms in total. The molecule has 0 bridgehead atoms. The Morgan fingerprint density at radius 2 is 2.11 bits per heavy atom. The van der Waals surface area contributed by atoms with Gasteiger partial charge in [0.05, 0.1) is 5.52 Å². The van der Waals surface area contributed by atoms with Crippen molar-refractivity contribution in [1.29, 1.82) is 0 Å². The fourth-order valence-electron chi connectivity index (χ4n) is 2.25. The number of nitrogens with zero attached hydrogens (tertiary/aromatic N) is 2. The van der Waals surface area contributed by atoms with Crippen LogP contribution in [0, 0.1) is 0 Å². The van der Waals surface area contributed by atoms with Crippen molar-refractivity contribution < 1.29 is 5.11 Å². The summed E-state index contributed by atoms with van der Waals surface area (Å²) in [6.07, 6.45) is 2.65. The SMILES string of the molecule is CC(C)N(CCCO)Cc1ccc2ncccc2c1.